The molecule has 1 aromatic carbocycles. The lowest BCUT2D eigenvalue weighted by atomic mass is 10.0. The predicted octanol–water partition coefficient (Wildman–Crippen LogP) is 3.29. The molecular formula is C23H22ClN9S. The standard InChI is InChI=1S/C23H22ClN9S/c1-11-8-34-22(28-11)23(9-25)13-6-33(7-14(13)23)16-5-26-19-18(30-31-21(19)29-16)12-3-4-15-20(17(12)24)32(2)10-27-15/h3-5,8,10,13-14H,6-7,9,25H2,1-2H3,(H,29,30,31)/t13-,14+,23-. The summed E-state index contributed by atoms with van der Waals surface area (Å²) in [7, 11) is 1.93. The van der Waals surface area contributed by atoms with Crippen LogP contribution in [0.4, 0.5) is 5.82 Å². The molecule has 1 saturated carbocycles. The molecule has 1 aliphatic carbocycles. The van der Waals surface area contributed by atoms with E-state index in [2.05, 4.69) is 25.5 Å². The highest BCUT2D eigenvalue weighted by atomic mass is 35.5. The molecule has 34 heavy (non-hydrogen) atoms. The van der Waals surface area contributed by atoms with Gasteiger partial charge in [0.05, 0.1) is 28.6 Å². The second-order valence-electron chi connectivity index (χ2n) is 9.30. The zero-order chi connectivity index (χ0) is 23.2. The number of thiazole rings is 1. The van der Waals surface area contributed by atoms with Gasteiger partial charge in [-0.3, -0.25) is 5.10 Å². The van der Waals surface area contributed by atoms with Gasteiger partial charge in [-0.2, -0.15) is 5.10 Å². The van der Waals surface area contributed by atoms with E-state index in [1.54, 1.807) is 17.7 Å². The second kappa shape index (κ2) is 6.97. The number of nitrogens with one attached hydrogen (secondary N) is 1. The molecule has 11 heteroatoms. The SMILES string of the molecule is Cc1csc([C@]2(CN)[C@@H]3CN(c4cnc5c(-c6ccc7ncn(C)c7c6Cl)n[nH]c5n4)C[C@@H]32)n1. The summed E-state index contributed by atoms with van der Waals surface area (Å²) in [4.78, 5) is 21.0. The fourth-order valence-electron chi connectivity index (χ4n) is 5.71. The minimum absolute atomic E-state index is 0.0231. The number of hydrogen-bond acceptors (Lipinski definition) is 8. The average Bonchev–Trinajstić information content (AvgIpc) is 3.44. The van der Waals surface area contributed by atoms with Gasteiger partial charge in [-0.15, -0.1) is 11.3 Å². The molecule has 0 amide bonds. The van der Waals surface area contributed by atoms with E-state index in [4.69, 9.17) is 32.3 Å². The van der Waals surface area contributed by atoms with E-state index in [0.29, 0.717) is 40.3 Å². The molecule has 0 bridgehead atoms. The highest BCUT2D eigenvalue weighted by Gasteiger charge is 2.69. The number of benzene rings is 1. The van der Waals surface area contributed by atoms with Crippen LogP contribution in [0.25, 0.3) is 33.5 Å². The van der Waals surface area contributed by atoms with Crippen molar-refractivity contribution in [2.45, 2.75) is 12.3 Å². The number of rotatable bonds is 4. The van der Waals surface area contributed by atoms with Crippen LogP contribution in [0.1, 0.15) is 10.7 Å². The summed E-state index contributed by atoms with van der Waals surface area (Å²) in [6, 6.07) is 3.88. The Kier molecular flexibility index (Phi) is 4.16. The predicted molar refractivity (Wildman–Crippen MR) is 133 cm³/mol. The van der Waals surface area contributed by atoms with Gasteiger partial charge in [-0.05, 0) is 30.9 Å². The molecule has 5 heterocycles. The first-order chi connectivity index (χ1) is 16.5. The number of aromatic nitrogens is 7. The third kappa shape index (κ3) is 2.61. The normalized spacial score (nSPS) is 23.8. The molecule has 3 N–H and O–H groups in total. The Morgan fingerprint density at radius 2 is 2.06 bits per heavy atom. The van der Waals surface area contributed by atoms with Gasteiger partial charge < -0.3 is 15.2 Å². The summed E-state index contributed by atoms with van der Waals surface area (Å²) in [6.07, 6.45) is 3.59. The largest absolute Gasteiger partial charge is 0.355 e. The second-order valence-corrected chi connectivity index (χ2v) is 10.5. The minimum Gasteiger partial charge on any atom is -0.355 e. The van der Waals surface area contributed by atoms with Gasteiger partial charge >= 0.3 is 0 Å². The van der Waals surface area contributed by atoms with Gasteiger partial charge in [0.25, 0.3) is 0 Å². The number of H-pyrrole nitrogens is 1. The molecule has 172 valence electrons. The number of nitrogens with zero attached hydrogens (tertiary/aromatic N) is 7. The molecule has 0 spiro atoms. The number of hydrogen-bond donors (Lipinski definition) is 2. The highest BCUT2D eigenvalue weighted by Crippen LogP contribution is 2.63. The van der Waals surface area contributed by atoms with Crippen LogP contribution < -0.4 is 10.6 Å². The molecule has 1 saturated heterocycles. The van der Waals surface area contributed by atoms with Gasteiger partial charge in [0, 0.05) is 48.7 Å². The lowest BCUT2D eigenvalue weighted by molar-refractivity contribution is 0.549. The molecular weight excluding hydrogens is 470 g/mol. The number of nitrogens with two attached hydrogens (primary N) is 1. The van der Waals surface area contributed by atoms with Crippen LogP contribution in [0.15, 0.2) is 30.0 Å². The van der Waals surface area contributed by atoms with Crippen LogP contribution in [0.5, 0.6) is 0 Å². The molecule has 1 aliphatic heterocycles. The van der Waals surface area contributed by atoms with E-state index in [1.165, 1.54) is 5.01 Å². The van der Waals surface area contributed by atoms with Gasteiger partial charge in [0.1, 0.15) is 22.0 Å². The molecule has 2 aliphatic rings. The van der Waals surface area contributed by atoms with Crippen LogP contribution in [-0.4, -0.2) is 54.3 Å². The number of fused-ring (bicyclic) bond motifs is 3. The number of piperidine rings is 1. The quantitative estimate of drug-likeness (QED) is 0.396. The number of imidazole rings is 1. The lowest BCUT2D eigenvalue weighted by Gasteiger charge is -2.25. The van der Waals surface area contributed by atoms with E-state index in [-0.39, 0.29) is 5.41 Å². The molecule has 2 fully saturated rings. The van der Waals surface area contributed by atoms with E-state index in [9.17, 15) is 0 Å². The zero-order valence-electron chi connectivity index (χ0n) is 18.7. The fraction of sp³-hybridized carbons (Fsp3) is 0.348. The molecule has 7 rings (SSSR count). The maximum atomic E-state index is 6.74. The number of aromatic amines is 1. The van der Waals surface area contributed by atoms with Crippen molar-refractivity contribution in [2.75, 3.05) is 24.5 Å². The van der Waals surface area contributed by atoms with Gasteiger partial charge in [0.2, 0.25) is 0 Å². The summed E-state index contributed by atoms with van der Waals surface area (Å²) in [6.45, 7) is 4.50. The molecule has 0 radical (unpaired) electrons. The smallest absolute Gasteiger partial charge is 0.177 e. The van der Waals surface area contributed by atoms with E-state index < -0.39 is 0 Å². The molecule has 4 aromatic heterocycles. The number of anilines is 1. The van der Waals surface area contributed by atoms with Crippen molar-refractivity contribution >= 4 is 51.0 Å². The van der Waals surface area contributed by atoms with E-state index in [1.807, 2.05) is 36.9 Å². The molecule has 9 nitrogen and oxygen atoms in total. The molecule has 0 unspecified atom stereocenters. The average molecular weight is 492 g/mol. The Balaban J connectivity index is 1.19. The Bertz CT molecular complexity index is 1570. The Hall–Kier alpha value is -3.08. The first-order valence-corrected chi connectivity index (χ1v) is 12.5. The van der Waals surface area contributed by atoms with Crippen LogP contribution >= 0.6 is 22.9 Å². The maximum Gasteiger partial charge on any atom is 0.177 e. The summed E-state index contributed by atoms with van der Waals surface area (Å²) in [5.41, 5.74) is 11.9. The van der Waals surface area contributed by atoms with Gasteiger partial charge in [-0.1, -0.05) is 11.6 Å². The summed E-state index contributed by atoms with van der Waals surface area (Å²) < 4.78 is 1.91. The van der Waals surface area contributed by atoms with Crippen LogP contribution in [-0.2, 0) is 12.5 Å². The Labute approximate surface area is 204 Å². The van der Waals surface area contributed by atoms with E-state index in [0.717, 1.165) is 41.2 Å². The van der Waals surface area contributed by atoms with Crippen molar-refractivity contribution in [1.29, 1.82) is 0 Å². The molecule has 3 atom stereocenters. The number of halogens is 1. The van der Waals surface area contributed by atoms with Crippen molar-refractivity contribution < 1.29 is 0 Å². The number of aryl methyl sites for hydroxylation is 2. The maximum absolute atomic E-state index is 6.74. The summed E-state index contributed by atoms with van der Waals surface area (Å²) in [5, 5.41) is 11.5. The lowest BCUT2D eigenvalue weighted by Crippen LogP contribution is -2.35. The minimum atomic E-state index is 0.0231. The highest BCUT2D eigenvalue weighted by molar-refractivity contribution is 7.09. The monoisotopic (exact) mass is 491 g/mol. The Morgan fingerprint density at radius 3 is 2.79 bits per heavy atom. The van der Waals surface area contributed by atoms with Gasteiger partial charge in [0.15, 0.2) is 5.65 Å². The van der Waals surface area contributed by atoms with Crippen molar-refractivity contribution in [2.24, 2.45) is 24.6 Å². The van der Waals surface area contributed by atoms with Crippen molar-refractivity contribution in [3.63, 3.8) is 0 Å². The van der Waals surface area contributed by atoms with Crippen molar-refractivity contribution in [3.05, 3.63) is 45.8 Å². The first-order valence-electron chi connectivity index (χ1n) is 11.2. The molecule has 5 aromatic rings. The third-order valence-corrected chi connectivity index (χ3v) is 9.08. The summed E-state index contributed by atoms with van der Waals surface area (Å²) >= 11 is 8.48. The van der Waals surface area contributed by atoms with Crippen LogP contribution in [0, 0.1) is 18.8 Å². The van der Waals surface area contributed by atoms with Crippen LogP contribution in [0.3, 0.4) is 0 Å². The van der Waals surface area contributed by atoms with Gasteiger partial charge in [-0.25, -0.2) is 19.9 Å². The van der Waals surface area contributed by atoms with Crippen molar-refractivity contribution in [3.8, 4) is 11.3 Å². The van der Waals surface area contributed by atoms with Crippen molar-refractivity contribution in [1.82, 2.24) is 34.7 Å². The summed E-state index contributed by atoms with van der Waals surface area (Å²) in [5.74, 6) is 1.86. The zero-order valence-corrected chi connectivity index (χ0v) is 20.2. The third-order valence-electron chi connectivity index (χ3n) is 7.54. The first kappa shape index (κ1) is 20.3. The Morgan fingerprint density at radius 1 is 1.24 bits per heavy atom. The van der Waals surface area contributed by atoms with E-state index >= 15 is 0 Å². The van der Waals surface area contributed by atoms with Crippen LogP contribution in [0.2, 0.25) is 5.02 Å². The fourth-order valence-corrected chi connectivity index (χ4v) is 7.23. The topological polar surface area (TPSA) is 114 Å².